The quantitative estimate of drug-likeness (QED) is 0.649. The summed E-state index contributed by atoms with van der Waals surface area (Å²) in [5, 5.41) is 6.39. The molecular weight excluding hydrogens is 425 g/mol. The van der Waals surface area contributed by atoms with Crippen LogP contribution in [0.3, 0.4) is 0 Å². The van der Waals surface area contributed by atoms with Crippen molar-refractivity contribution in [2.45, 2.75) is 51.0 Å². The SMILES string of the molecule is O=C(C1CCc2n[nH]c(=O)n2C1)N(Cc1ccc(-c2ccccc2C(F)(F)F)o1)C1CC1. The van der Waals surface area contributed by atoms with Gasteiger partial charge in [-0.3, -0.25) is 9.36 Å². The van der Waals surface area contributed by atoms with Crippen molar-refractivity contribution in [1.82, 2.24) is 19.7 Å². The number of hydrogen-bond acceptors (Lipinski definition) is 4. The Bertz CT molecular complexity index is 1210. The molecule has 168 valence electrons. The van der Waals surface area contributed by atoms with Crippen molar-refractivity contribution in [3.63, 3.8) is 0 Å². The topological polar surface area (TPSA) is 84.1 Å². The van der Waals surface area contributed by atoms with E-state index in [0.29, 0.717) is 24.4 Å². The number of aromatic amines is 1. The monoisotopic (exact) mass is 446 g/mol. The number of fused-ring (bicyclic) bond motifs is 1. The number of alkyl halides is 3. The first-order valence-electron chi connectivity index (χ1n) is 10.5. The van der Waals surface area contributed by atoms with Crippen LogP contribution in [0.1, 0.15) is 36.4 Å². The van der Waals surface area contributed by atoms with E-state index in [1.165, 1.54) is 28.8 Å². The lowest BCUT2D eigenvalue weighted by Crippen LogP contribution is -2.42. The van der Waals surface area contributed by atoms with Crippen LogP contribution < -0.4 is 5.69 Å². The Morgan fingerprint density at radius 1 is 1.19 bits per heavy atom. The predicted molar refractivity (Wildman–Crippen MR) is 107 cm³/mol. The number of hydrogen-bond donors (Lipinski definition) is 1. The molecule has 0 saturated heterocycles. The summed E-state index contributed by atoms with van der Waals surface area (Å²) in [5.41, 5.74) is -1.12. The highest BCUT2D eigenvalue weighted by molar-refractivity contribution is 5.79. The Hall–Kier alpha value is -3.30. The molecule has 5 rings (SSSR count). The Morgan fingerprint density at radius 3 is 2.72 bits per heavy atom. The molecule has 3 aromatic rings. The van der Waals surface area contributed by atoms with Crippen LogP contribution in [-0.2, 0) is 30.5 Å². The molecule has 10 heteroatoms. The number of benzene rings is 1. The van der Waals surface area contributed by atoms with E-state index in [1.807, 2.05) is 0 Å². The van der Waals surface area contributed by atoms with Crippen LogP contribution in [0.25, 0.3) is 11.3 Å². The average molecular weight is 446 g/mol. The molecule has 1 amide bonds. The van der Waals surface area contributed by atoms with E-state index in [4.69, 9.17) is 4.42 Å². The molecule has 0 radical (unpaired) electrons. The van der Waals surface area contributed by atoms with E-state index in [2.05, 4.69) is 10.2 Å². The number of aromatic nitrogens is 3. The van der Waals surface area contributed by atoms with Gasteiger partial charge in [-0.05, 0) is 37.5 Å². The molecule has 3 heterocycles. The van der Waals surface area contributed by atoms with Gasteiger partial charge >= 0.3 is 11.9 Å². The summed E-state index contributed by atoms with van der Waals surface area (Å²) >= 11 is 0. The van der Waals surface area contributed by atoms with E-state index in [9.17, 15) is 22.8 Å². The first-order chi connectivity index (χ1) is 15.3. The van der Waals surface area contributed by atoms with Crippen LogP contribution in [0.2, 0.25) is 0 Å². The lowest BCUT2D eigenvalue weighted by Gasteiger charge is -2.29. The zero-order chi connectivity index (χ0) is 22.5. The third kappa shape index (κ3) is 3.85. The van der Waals surface area contributed by atoms with Crippen molar-refractivity contribution in [3.05, 3.63) is 64.0 Å². The Labute approximate surface area is 180 Å². The fraction of sp³-hybridized carbons (Fsp3) is 0.409. The van der Waals surface area contributed by atoms with Crippen LogP contribution in [0.5, 0.6) is 0 Å². The maximum atomic E-state index is 13.4. The summed E-state index contributed by atoms with van der Waals surface area (Å²) in [4.78, 5) is 26.9. The van der Waals surface area contributed by atoms with Gasteiger partial charge in [0.15, 0.2) is 0 Å². The Morgan fingerprint density at radius 2 is 1.97 bits per heavy atom. The first-order valence-corrected chi connectivity index (χ1v) is 10.5. The van der Waals surface area contributed by atoms with Crippen molar-refractivity contribution in [3.8, 4) is 11.3 Å². The second-order valence-electron chi connectivity index (χ2n) is 8.30. The number of carbonyl (C=O) groups excluding carboxylic acids is 1. The number of nitrogens with one attached hydrogen (secondary N) is 1. The number of amides is 1. The fourth-order valence-corrected chi connectivity index (χ4v) is 4.27. The van der Waals surface area contributed by atoms with Crippen LogP contribution in [-0.4, -0.2) is 31.6 Å². The molecule has 1 aliphatic carbocycles. The highest BCUT2D eigenvalue weighted by atomic mass is 19.4. The van der Waals surface area contributed by atoms with Crippen molar-refractivity contribution in [2.75, 3.05) is 0 Å². The van der Waals surface area contributed by atoms with E-state index < -0.39 is 11.7 Å². The molecule has 1 fully saturated rings. The molecule has 1 N–H and O–H groups in total. The number of aryl methyl sites for hydroxylation is 1. The molecule has 1 atom stereocenters. The molecule has 2 aromatic heterocycles. The molecular formula is C22H21F3N4O3. The van der Waals surface area contributed by atoms with Gasteiger partial charge in [0, 0.05) is 24.6 Å². The largest absolute Gasteiger partial charge is 0.459 e. The van der Waals surface area contributed by atoms with Gasteiger partial charge in [-0.2, -0.15) is 18.3 Å². The van der Waals surface area contributed by atoms with Gasteiger partial charge in [-0.1, -0.05) is 18.2 Å². The first kappa shape index (κ1) is 20.6. The molecule has 1 saturated carbocycles. The summed E-state index contributed by atoms with van der Waals surface area (Å²) < 4.78 is 47.3. The third-order valence-electron chi connectivity index (χ3n) is 6.06. The van der Waals surface area contributed by atoms with Gasteiger partial charge in [-0.15, -0.1) is 0 Å². The molecule has 2 aliphatic rings. The minimum atomic E-state index is -4.50. The molecule has 7 nitrogen and oxygen atoms in total. The number of nitrogens with zero attached hydrogens (tertiary/aromatic N) is 3. The second kappa shape index (κ2) is 7.68. The number of furan rings is 1. The average Bonchev–Trinajstić information content (AvgIpc) is 3.40. The molecule has 1 unspecified atom stereocenters. The van der Waals surface area contributed by atoms with Crippen LogP contribution in [0.15, 0.2) is 45.6 Å². The number of rotatable bonds is 5. The fourth-order valence-electron chi connectivity index (χ4n) is 4.27. The van der Waals surface area contributed by atoms with Gasteiger partial charge < -0.3 is 9.32 Å². The summed E-state index contributed by atoms with van der Waals surface area (Å²) in [5.74, 6) is 0.771. The van der Waals surface area contributed by atoms with Crippen LogP contribution in [0, 0.1) is 5.92 Å². The highest BCUT2D eigenvalue weighted by Gasteiger charge is 2.38. The predicted octanol–water partition coefficient (Wildman–Crippen LogP) is 3.60. The third-order valence-corrected chi connectivity index (χ3v) is 6.06. The summed E-state index contributed by atoms with van der Waals surface area (Å²) in [7, 11) is 0. The lowest BCUT2D eigenvalue weighted by molar-refractivity contribution is -0.138. The minimum Gasteiger partial charge on any atom is -0.459 e. The van der Waals surface area contributed by atoms with Crippen molar-refractivity contribution in [2.24, 2.45) is 5.92 Å². The van der Waals surface area contributed by atoms with E-state index in [1.54, 1.807) is 11.0 Å². The van der Waals surface area contributed by atoms with E-state index in [-0.39, 0.29) is 48.0 Å². The van der Waals surface area contributed by atoms with Gasteiger partial charge in [0.2, 0.25) is 5.91 Å². The van der Waals surface area contributed by atoms with E-state index >= 15 is 0 Å². The van der Waals surface area contributed by atoms with E-state index in [0.717, 1.165) is 18.9 Å². The molecule has 32 heavy (non-hydrogen) atoms. The van der Waals surface area contributed by atoms with Crippen molar-refractivity contribution in [1.29, 1.82) is 0 Å². The van der Waals surface area contributed by atoms with Crippen LogP contribution >= 0.6 is 0 Å². The maximum Gasteiger partial charge on any atom is 0.417 e. The van der Waals surface area contributed by atoms with Gasteiger partial charge in [0.1, 0.15) is 17.3 Å². The Balaban J connectivity index is 1.36. The zero-order valence-corrected chi connectivity index (χ0v) is 17.1. The van der Waals surface area contributed by atoms with Crippen molar-refractivity contribution >= 4 is 5.91 Å². The maximum absolute atomic E-state index is 13.4. The lowest BCUT2D eigenvalue weighted by atomic mass is 9.97. The number of halogens is 3. The van der Waals surface area contributed by atoms with Gasteiger partial charge in [0.25, 0.3) is 0 Å². The van der Waals surface area contributed by atoms with Crippen molar-refractivity contribution < 1.29 is 22.4 Å². The summed E-state index contributed by atoms with van der Waals surface area (Å²) in [6.45, 7) is 0.455. The smallest absolute Gasteiger partial charge is 0.417 e. The molecule has 1 aliphatic heterocycles. The summed E-state index contributed by atoms with van der Waals surface area (Å²) in [6, 6.07) is 8.47. The van der Waals surface area contributed by atoms with Gasteiger partial charge in [-0.25, -0.2) is 9.89 Å². The molecule has 0 spiro atoms. The second-order valence-corrected chi connectivity index (χ2v) is 8.30. The summed E-state index contributed by atoms with van der Waals surface area (Å²) in [6.07, 6.45) is -1.62. The number of H-pyrrole nitrogens is 1. The molecule has 1 aromatic carbocycles. The standard InChI is InChI=1S/C22H21F3N4O3/c23-22(24,25)17-4-2-1-3-16(17)18-9-8-15(32-18)12-28(14-6-7-14)20(30)13-5-10-19-26-27-21(31)29(19)11-13/h1-4,8-9,13-14H,5-7,10-12H2,(H,27,31). The molecule has 0 bridgehead atoms. The van der Waals surface area contributed by atoms with Gasteiger partial charge in [0.05, 0.1) is 18.0 Å². The zero-order valence-electron chi connectivity index (χ0n) is 17.1. The Kier molecular flexibility index (Phi) is 4.94. The minimum absolute atomic E-state index is 0.0327. The normalized spacial score (nSPS) is 18.4. The number of carbonyl (C=O) groups is 1. The highest BCUT2D eigenvalue weighted by Crippen LogP contribution is 2.38. The van der Waals surface area contributed by atoms with Crippen LogP contribution in [0.4, 0.5) is 13.2 Å².